The highest BCUT2D eigenvalue weighted by Crippen LogP contribution is 2.19. The summed E-state index contributed by atoms with van der Waals surface area (Å²) < 4.78 is 5.33. The Bertz CT molecular complexity index is 491. The van der Waals surface area contributed by atoms with Crippen molar-refractivity contribution in [2.45, 2.75) is 45.6 Å². The van der Waals surface area contributed by atoms with Gasteiger partial charge < -0.3 is 20.5 Å². The molecule has 0 bridgehead atoms. The summed E-state index contributed by atoms with van der Waals surface area (Å²) in [6.07, 6.45) is 2.02. The SMILES string of the molecule is CCC(C)(CCO)NC(=O)NCCc1cc(C)ccc1OC. The molecular formula is C17H28N2O3. The highest BCUT2D eigenvalue weighted by atomic mass is 16.5. The quantitative estimate of drug-likeness (QED) is 0.690. The zero-order valence-corrected chi connectivity index (χ0v) is 14.0. The summed E-state index contributed by atoms with van der Waals surface area (Å²) in [7, 11) is 1.65. The molecule has 0 spiro atoms. The first-order valence-electron chi connectivity index (χ1n) is 7.74. The Morgan fingerprint density at radius 2 is 2.14 bits per heavy atom. The Hall–Kier alpha value is -1.75. The number of hydrogen-bond donors (Lipinski definition) is 3. The number of methoxy groups -OCH3 is 1. The molecule has 1 atom stereocenters. The molecule has 0 aromatic heterocycles. The van der Waals surface area contributed by atoms with Gasteiger partial charge >= 0.3 is 6.03 Å². The maximum absolute atomic E-state index is 12.0. The highest BCUT2D eigenvalue weighted by molar-refractivity contribution is 5.74. The summed E-state index contributed by atoms with van der Waals surface area (Å²) in [6.45, 7) is 6.56. The zero-order chi connectivity index (χ0) is 16.6. The van der Waals surface area contributed by atoms with Crippen molar-refractivity contribution in [2.75, 3.05) is 20.3 Å². The normalized spacial score (nSPS) is 13.3. The maximum atomic E-state index is 12.0. The fraction of sp³-hybridized carbons (Fsp3) is 0.588. The van der Waals surface area contributed by atoms with Crippen molar-refractivity contribution in [3.63, 3.8) is 0 Å². The van der Waals surface area contributed by atoms with E-state index in [9.17, 15) is 4.79 Å². The number of hydrogen-bond acceptors (Lipinski definition) is 3. The molecule has 0 aliphatic carbocycles. The second kappa shape index (κ2) is 8.63. The van der Waals surface area contributed by atoms with Crippen LogP contribution in [-0.4, -0.2) is 36.9 Å². The fourth-order valence-electron chi connectivity index (χ4n) is 2.31. The van der Waals surface area contributed by atoms with Gasteiger partial charge in [0.1, 0.15) is 5.75 Å². The van der Waals surface area contributed by atoms with Gasteiger partial charge in [0.05, 0.1) is 7.11 Å². The number of aliphatic hydroxyl groups excluding tert-OH is 1. The number of aryl methyl sites for hydroxylation is 1. The van der Waals surface area contributed by atoms with Crippen LogP contribution < -0.4 is 15.4 Å². The molecular weight excluding hydrogens is 280 g/mol. The monoisotopic (exact) mass is 308 g/mol. The molecule has 22 heavy (non-hydrogen) atoms. The number of benzene rings is 1. The molecule has 1 aromatic rings. The second-order valence-electron chi connectivity index (χ2n) is 5.83. The molecule has 0 saturated carbocycles. The molecule has 0 heterocycles. The lowest BCUT2D eigenvalue weighted by atomic mass is 9.95. The van der Waals surface area contributed by atoms with E-state index in [0.29, 0.717) is 19.4 Å². The third kappa shape index (κ3) is 5.56. The lowest BCUT2D eigenvalue weighted by molar-refractivity contribution is 0.201. The van der Waals surface area contributed by atoms with E-state index in [1.807, 2.05) is 32.9 Å². The average molecular weight is 308 g/mol. The molecule has 3 N–H and O–H groups in total. The van der Waals surface area contributed by atoms with Crippen molar-refractivity contribution in [3.8, 4) is 5.75 Å². The molecule has 0 aliphatic heterocycles. The Labute approximate surface area is 133 Å². The smallest absolute Gasteiger partial charge is 0.315 e. The molecule has 0 fully saturated rings. The standard InChI is InChI=1S/C17H28N2O3/c1-5-17(3,9-11-20)19-16(21)18-10-8-14-12-13(2)6-7-15(14)22-4/h6-7,12,20H,5,8-11H2,1-4H3,(H2,18,19,21). The van der Waals surface area contributed by atoms with Crippen molar-refractivity contribution in [1.82, 2.24) is 10.6 Å². The van der Waals surface area contributed by atoms with E-state index in [2.05, 4.69) is 16.7 Å². The van der Waals surface area contributed by atoms with Crippen LogP contribution >= 0.6 is 0 Å². The van der Waals surface area contributed by atoms with Crippen molar-refractivity contribution in [3.05, 3.63) is 29.3 Å². The summed E-state index contributed by atoms with van der Waals surface area (Å²) in [6, 6.07) is 5.81. The van der Waals surface area contributed by atoms with Gasteiger partial charge in [-0.05, 0) is 44.7 Å². The van der Waals surface area contributed by atoms with Crippen LogP contribution in [-0.2, 0) is 6.42 Å². The van der Waals surface area contributed by atoms with Crippen molar-refractivity contribution in [1.29, 1.82) is 0 Å². The van der Waals surface area contributed by atoms with E-state index in [1.54, 1.807) is 7.11 Å². The lowest BCUT2D eigenvalue weighted by Gasteiger charge is -2.29. The molecule has 1 rings (SSSR count). The predicted octanol–water partition coefficient (Wildman–Crippen LogP) is 2.40. The zero-order valence-electron chi connectivity index (χ0n) is 14.0. The van der Waals surface area contributed by atoms with Gasteiger partial charge in [0, 0.05) is 18.7 Å². The van der Waals surface area contributed by atoms with Gasteiger partial charge in [-0.2, -0.15) is 0 Å². The van der Waals surface area contributed by atoms with E-state index in [0.717, 1.165) is 17.7 Å². The molecule has 124 valence electrons. The number of rotatable bonds is 8. The topological polar surface area (TPSA) is 70.6 Å². The average Bonchev–Trinajstić information content (AvgIpc) is 2.47. The minimum Gasteiger partial charge on any atom is -0.496 e. The summed E-state index contributed by atoms with van der Waals surface area (Å²) >= 11 is 0. The molecule has 2 amide bonds. The number of amides is 2. The Morgan fingerprint density at radius 1 is 1.41 bits per heavy atom. The summed E-state index contributed by atoms with van der Waals surface area (Å²) in [4.78, 5) is 12.0. The van der Waals surface area contributed by atoms with Gasteiger partial charge in [-0.3, -0.25) is 0 Å². The van der Waals surface area contributed by atoms with E-state index in [4.69, 9.17) is 9.84 Å². The summed E-state index contributed by atoms with van der Waals surface area (Å²) in [5.41, 5.74) is 1.87. The number of urea groups is 1. The number of carbonyl (C=O) groups is 1. The molecule has 1 aromatic carbocycles. The van der Waals surface area contributed by atoms with Gasteiger partial charge in [-0.1, -0.05) is 24.6 Å². The molecule has 5 nitrogen and oxygen atoms in total. The number of carbonyl (C=O) groups excluding carboxylic acids is 1. The first-order chi connectivity index (χ1) is 10.4. The molecule has 1 unspecified atom stereocenters. The minimum atomic E-state index is -0.375. The van der Waals surface area contributed by atoms with Crippen LogP contribution in [0, 0.1) is 6.92 Å². The first-order valence-corrected chi connectivity index (χ1v) is 7.74. The first kappa shape index (κ1) is 18.3. The predicted molar refractivity (Wildman–Crippen MR) is 88.4 cm³/mol. The van der Waals surface area contributed by atoms with Crippen LogP contribution in [0.25, 0.3) is 0 Å². The molecule has 0 radical (unpaired) electrons. The van der Waals surface area contributed by atoms with E-state index in [-0.39, 0.29) is 18.2 Å². The van der Waals surface area contributed by atoms with Crippen LogP contribution in [0.4, 0.5) is 4.79 Å². The Kier molecular flexibility index (Phi) is 7.18. The van der Waals surface area contributed by atoms with E-state index in [1.165, 1.54) is 5.56 Å². The summed E-state index contributed by atoms with van der Waals surface area (Å²) in [5.74, 6) is 0.839. The van der Waals surface area contributed by atoms with Crippen LogP contribution in [0.3, 0.4) is 0 Å². The largest absolute Gasteiger partial charge is 0.496 e. The number of ether oxygens (including phenoxy) is 1. The Balaban J connectivity index is 2.50. The maximum Gasteiger partial charge on any atom is 0.315 e. The van der Waals surface area contributed by atoms with E-state index < -0.39 is 0 Å². The highest BCUT2D eigenvalue weighted by Gasteiger charge is 2.23. The molecule has 0 saturated heterocycles. The van der Waals surface area contributed by atoms with Gasteiger partial charge in [-0.25, -0.2) is 4.79 Å². The van der Waals surface area contributed by atoms with Crippen LogP contribution in [0.1, 0.15) is 37.8 Å². The van der Waals surface area contributed by atoms with Gasteiger partial charge in [0.15, 0.2) is 0 Å². The van der Waals surface area contributed by atoms with E-state index >= 15 is 0 Å². The van der Waals surface area contributed by atoms with Crippen LogP contribution in [0.5, 0.6) is 5.75 Å². The van der Waals surface area contributed by atoms with Crippen molar-refractivity contribution in [2.24, 2.45) is 0 Å². The fourth-order valence-corrected chi connectivity index (χ4v) is 2.31. The third-order valence-corrected chi connectivity index (χ3v) is 3.98. The van der Waals surface area contributed by atoms with Crippen molar-refractivity contribution < 1.29 is 14.6 Å². The molecule has 0 aliphatic rings. The van der Waals surface area contributed by atoms with Gasteiger partial charge in [-0.15, -0.1) is 0 Å². The van der Waals surface area contributed by atoms with Gasteiger partial charge in [0.25, 0.3) is 0 Å². The number of aliphatic hydroxyl groups is 1. The second-order valence-corrected chi connectivity index (χ2v) is 5.83. The Morgan fingerprint density at radius 3 is 2.73 bits per heavy atom. The van der Waals surface area contributed by atoms with Crippen molar-refractivity contribution >= 4 is 6.03 Å². The van der Waals surface area contributed by atoms with Crippen LogP contribution in [0.2, 0.25) is 0 Å². The van der Waals surface area contributed by atoms with Gasteiger partial charge in [0.2, 0.25) is 0 Å². The molecule has 5 heteroatoms. The third-order valence-electron chi connectivity index (χ3n) is 3.98. The number of nitrogens with one attached hydrogen (secondary N) is 2. The minimum absolute atomic E-state index is 0.0606. The van der Waals surface area contributed by atoms with Crippen LogP contribution in [0.15, 0.2) is 18.2 Å². The lowest BCUT2D eigenvalue weighted by Crippen LogP contribution is -2.50. The summed E-state index contributed by atoms with van der Waals surface area (Å²) in [5, 5.41) is 14.9.